The highest BCUT2D eigenvalue weighted by Gasteiger charge is 2.57. The summed E-state index contributed by atoms with van der Waals surface area (Å²) in [6.45, 7) is 1.62. The maximum absolute atomic E-state index is 13.4. The number of carbonyl (C=O) groups is 2. The van der Waals surface area contributed by atoms with Gasteiger partial charge >= 0.3 is 6.03 Å². The van der Waals surface area contributed by atoms with Gasteiger partial charge in [0.05, 0.1) is 11.6 Å². The fraction of sp³-hybridized carbons (Fsp3) is 0.391. The second-order valence-corrected chi connectivity index (χ2v) is 7.92. The Kier molecular flexibility index (Phi) is 5.87. The number of rotatable bonds is 6. The van der Waals surface area contributed by atoms with Crippen molar-refractivity contribution in [1.29, 1.82) is 5.26 Å². The first-order valence-electron chi connectivity index (χ1n) is 10.5. The normalized spacial score (nSPS) is 18.0. The zero-order valence-corrected chi connectivity index (χ0v) is 17.3. The van der Waals surface area contributed by atoms with E-state index in [2.05, 4.69) is 16.0 Å². The molecule has 2 saturated heterocycles. The van der Waals surface area contributed by atoms with Gasteiger partial charge in [-0.05, 0) is 37.0 Å². The number of hydrogen-bond acceptors (Lipinski definition) is 6. The van der Waals surface area contributed by atoms with Crippen LogP contribution in [0.1, 0.15) is 30.4 Å². The molecule has 1 aromatic heterocycles. The third kappa shape index (κ3) is 3.84. The molecule has 1 spiro atoms. The Labute approximate surface area is 181 Å². The number of amides is 3. The molecule has 2 aliphatic heterocycles. The number of aliphatic hydroxyl groups is 1. The number of nitriles is 1. The third-order valence-electron chi connectivity index (χ3n) is 6.13. The van der Waals surface area contributed by atoms with E-state index in [1.165, 1.54) is 4.90 Å². The average Bonchev–Trinajstić information content (AvgIpc) is 3.00. The highest BCUT2D eigenvalue weighted by molar-refractivity contribution is 6.07. The number of piperidine rings is 1. The maximum atomic E-state index is 13.4. The van der Waals surface area contributed by atoms with E-state index in [1.807, 2.05) is 30.3 Å². The molecule has 0 bridgehead atoms. The first kappa shape index (κ1) is 20.8. The minimum absolute atomic E-state index is 0.0720. The Balaban J connectivity index is 1.59. The van der Waals surface area contributed by atoms with Gasteiger partial charge in [0.1, 0.15) is 11.4 Å². The molecule has 0 atom stereocenters. The quantitative estimate of drug-likeness (QED) is 0.720. The maximum Gasteiger partial charge on any atom is 0.327 e. The van der Waals surface area contributed by atoms with Crippen LogP contribution in [0.4, 0.5) is 10.6 Å². The monoisotopic (exact) mass is 419 g/mol. The number of hydrogen-bond donors (Lipinski definition) is 1. The van der Waals surface area contributed by atoms with Crippen molar-refractivity contribution in [1.82, 2.24) is 14.8 Å². The van der Waals surface area contributed by atoms with E-state index in [4.69, 9.17) is 5.26 Å². The van der Waals surface area contributed by atoms with Gasteiger partial charge in [-0.15, -0.1) is 0 Å². The van der Waals surface area contributed by atoms with Crippen LogP contribution >= 0.6 is 0 Å². The molecular formula is C23H25N5O3. The van der Waals surface area contributed by atoms with Crippen LogP contribution in [0.5, 0.6) is 0 Å². The summed E-state index contributed by atoms with van der Waals surface area (Å²) >= 11 is 0. The lowest BCUT2D eigenvalue weighted by Gasteiger charge is -2.42. The molecule has 8 nitrogen and oxygen atoms in total. The summed E-state index contributed by atoms with van der Waals surface area (Å²) in [6.07, 6.45) is 2.95. The lowest BCUT2D eigenvalue weighted by Crippen LogP contribution is -2.56. The molecule has 3 heterocycles. The topological polar surface area (TPSA) is 101 Å². The summed E-state index contributed by atoms with van der Waals surface area (Å²) in [7, 11) is 0. The largest absolute Gasteiger partial charge is 0.396 e. The van der Waals surface area contributed by atoms with Crippen molar-refractivity contribution in [2.24, 2.45) is 0 Å². The van der Waals surface area contributed by atoms with Crippen LogP contribution < -0.4 is 4.90 Å². The molecular weight excluding hydrogens is 394 g/mol. The second-order valence-electron chi connectivity index (χ2n) is 7.92. The van der Waals surface area contributed by atoms with Crippen molar-refractivity contribution in [3.8, 4) is 6.07 Å². The number of nitrogens with zero attached hydrogens (tertiary/aromatic N) is 5. The number of benzene rings is 1. The number of urea groups is 1. The van der Waals surface area contributed by atoms with Gasteiger partial charge in [0.25, 0.3) is 5.91 Å². The van der Waals surface area contributed by atoms with Gasteiger partial charge in [-0.2, -0.15) is 5.26 Å². The summed E-state index contributed by atoms with van der Waals surface area (Å²) in [6, 6.07) is 14.9. The summed E-state index contributed by atoms with van der Waals surface area (Å²) in [5.74, 6) is 0.526. The van der Waals surface area contributed by atoms with Gasteiger partial charge < -0.3 is 14.9 Å². The molecule has 0 unspecified atom stereocenters. The Morgan fingerprint density at radius 2 is 1.87 bits per heavy atom. The van der Waals surface area contributed by atoms with Crippen LogP contribution in [0.2, 0.25) is 0 Å². The average molecular weight is 419 g/mol. The van der Waals surface area contributed by atoms with Crippen LogP contribution in [-0.2, 0) is 11.3 Å². The van der Waals surface area contributed by atoms with Crippen LogP contribution in [0.3, 0.4) is 0 Å². The summed E-state index contributed by atoms with van der Waals surface area (Å²) in [4.78, 5) is 36.1. The molecule has 160 valence electrons. The fourth-order valence-corrected chi connectivity index (χ4v) is 4.44. The van der Waals surface area contributed by atoms with Gasteiger partial charge in [-0.25, -0.2) is 9.78 Å². The molecule has 0 aliphatic carbocycles. The molecule has 3 amide bonds. The van der Waals surface area contributed by atoms with Crippen LogP contribution in [-0.4, -0.2) is 63.6 Å². The predicted octanol–water partition coefficient (Wildman–Crippen LogP) is 2.14. The van der Waals surface area contributed by atoms with E-state index in [9.17, 15) is 14.7 Å². The molecule has 4 rings (SSSR count). The zero-order valence-electron chi connectivity index (χ0n) is 17.3. The lowest BCUT2D eigenvalue weighted by molar-refractivity contribution is -0.134. The van der Waals surface area contributed by atoms with Crippen LogP contribution in [0, 0.1) is 11.3 Å². The van der Waals surface area contributed by atoms with E-state index in [0.717, 1.165) is 5.56 Å². The van der Waals surface area contributed by atoms with Gasteiger partial charge in [0.15, 0.2) is 0 Å². The van der Waals surface area contributed by atoms with Gasteiger partial charge in [-0.3, -0.25) is 9.69 Å². The zero-order chi connectivity index (χ0) is 21.8. The molecule has 2 aromatic rings. The second kappa shape index (κ2) is 8.74. The Hall–Kier alpha value is -3.44. The first-order chi connectivity index (χ1) is 15.1. The highest BCUT2D eigenvalue weighted by atomic mass is 16.3. The number of carbonyl (C=O) groups excluding carboxylic acids is 2. The molecule has 8 heteroatoms. The molecule has 2 aliphatic rings. The molecule has 0 radical (unpaired) electrons. The van der Waals surface area contributed by atoms with Crippen molar-refractivity contribution in [2.45, 2.75) is 31.3 Å². The number of pyridine rings is 1. The fourth-order valence-electron chi connectivity index (χ4n) is 4.44. The first-order valence-corrected chi connectivity index (χ1v) is 10.5. The van der Waals surface area contributed by atoms with Crippen LogP contribution in [0.25, 0.3) is 0 Å². The van der Waals surface area contributed by atoms with Gasteiger partial charge in [0, 0.05) is 39.0 Å². The number of imide groups is 1. The molecule has 1 aromatic carbocycles. The lowest BCUT2D eigenvalue weighted by atomic mass is 9.85. The van der Waals surface area contributed by atoms with E-state index >= 15 is 0 Å². The van der Waals surface area contributed by atoms with Crippen molar-refractivity contribution in [3.05, 3.63) is 59.8 Å². The number of anilines is 1. The van der Waals surface area contributed by atoms with Crippen molar-refractivity contribution in [2.75, 3.05) is 31.1 Å². The third-order valence-corrected chi connectivity index (χ3v) is 6.13. The summed E-state index contributed by atoms with van der Waals surface area (Å²) in [5.41, 5.74) is 0.613. The Morgan fingerprint density at radius 1 is 1.13 bits per heavy atom. The van der Waals surface area contributed by atoms with E-state index < -0.39 is 5.54 Å². The number of aliphatic hydroxyl groups excluding tert-OH is 1. The molecule has 2 fully saturated rings. The Morgan fingerprint density at radius 3 is 2.55 bits per heavy atom. The molecule has 1 N–H and O–H groups in total. The van der Waals surface area contributed by atoms with Crippen molar-refractivity contribution in [3.63, 3.8) is 0 Å². The van der Waals surface area contributed by atoms with Gasteiger partial charge in [-0.1, -0.05) is 30.3 Å². The highest BCUT2D eigenvalue weighted by Crippen LogP contribution is 2.39. The van der Waals surface area contributed by atoms with E-state index in [-0.39, 0.29) is 25.1 Å². The van der Waals surface area contributed by atoms with Gasteiger partial charge in [0.2, 0.25) is 0 Å². The summed E-state index contributed by atoms with van der Waals surface area (Å²) < 4.78 is 0. The molecule has 31 heavy (non-hydrogen) atoms. The minimum Gasteiger partial charge on any atom is -0.396 e. The Bertz CT molecular complexity index is 996. The number of aromatic nitrogens is 1. The van der Waals surface area contributed by atoms with E-state index in [1.54, 1.807) is 23.2 Å². The van der Waals surface area contributed by atoms with Crippen LogP contribution in [0.15, 0.2) is 48.7 Å². The standard InChI is InChI=1S/C23H25N5O3/c24-16-19-7-10-25-20(15-19)26-12-8-23(9-13-26)21(30)27(11-4-14-29)22(31)28(23)17-18-5-2-1-3-6-18/h1-3,5-7,10,15,29H,4,8-9,11-14,17H2. The molecule has 0 saturated carbocycles. The summed E-state index contributed by atoms with van der Waals surface area (Å²) in [5, 5.41) is 18.4. The van der Waals surface area contributed by atoms with Crippen molar-refractivity contribution >= 4 is 17.8 Å². The smallest absolute Gasteiger partial charge is 0.327 e. The SMILES string of the molecule is N#Cc1ccnc(N2CCC3(CC2)C(=O)N(CCCO)C(=O)N3Cc2ccccc2)c1. The minimum atomic E-state index is -0.897. The predicted molar refractivity (Wildman–Crippen MR) is 114 cm³/mol. The van der Waals surface area contributed by atoms with E-state index in [0.29, 0.717) is 50.3 Å². The van der Waals surface area contributed by atoms with Crippen molar-refractivity contribution < 1.29 is 14.7 Å².